The fourth-order valence-corrected chi connectivity index (χ4v) is 2.49. The highest BCUT2D eigenvalue weighted by atomic mass is 35.6. The normalized spacial score (nSPS) is 12.2. The van der Waals surface area contributed by atoms with Crippen molar-refractivity contribution < 1.29 is 4.79 Å². The number of aromatic amines is 1. The number of H-pyrrole nitrogens is 1. The summed E-state index contributed by atoms with van der Waals surface area (Å²) in [6.07, 6.45) is 5.97. The number of hydrogen-bond donors (Lipinski definition) is 1. The van der Waals surface area contributed by atoms with Crippen molar-refractivity contribution in [2.75, 3.05) is 6.54 Å². The highest BCUT2D eigenvalue weighted by molar-refractivity contribution is 6.76. The van der Waals surface area contributed by atoms with E-state index in [0.29, 0.717) is 13.0 Å². The van der Waals surface area contributed by atoms with Crippen molar-refractivity contribution in [3.8, 4) is 0 Å². The van der Waals surface area contributed by atoms with Gasteiger partial charge >= 0.3 is 0 Å². The van der Waals surface area contributed by atoms with E-state index in [1.54, 1.807) is 12.3 Å². The van der Waals surface area contributed by atoms with E-state index in [9.17, 15) is 4.79 Å². The van der Waals surface area contributed by atoms with Crippen LogP contribution in [0.3, 0.4) is 0 Å². The number of para-hydroxylation sites is 1. The number of nitrogens with zero attached hydrogens (tertiary/aromatic N) is 1. The standard InChI is InChI=1S/C15H15Cl3N2O/c1-2-8-20(14(21)15(16,17)18)9-7-11-10-19-13-6-4-3-5-12(11)13/h2-6,8,10,19H,7,9H2,1H3/b8-2+. The second-order valence-electron chi connectivity index (χ2n) is 4.59. The summed E-state index contributed by atoms with van der Waals surface area (Å²) < 4.78 is -1.94. The molecule has 0 atom stereocenters. The van der Waals surface area contributed by atoms with Gasteiger partial charge in [0.2, 0.25) is 0 Å². The number of hydrogen-bond acceptors (Lipinski definition) is 1. The van der Waals surface area contributed by atoms with Crippen LogP contribution in [0, 0.1) is 0 Å². The number of amides is 1. The first-order chi connectivity index (χ1) is 9.93. The second-order valence-corrected chi connectivity index (χ2v) is 6.87. The zero-order valence-electron chi connectivity index (χ0n) is 11.4. The predicted octanol–water partition coefficient (Wildman–Crippen LogP) is 4.44. The fraction of sp³-hybridized carbons (Fsp3) is 0.267. The maximum Gasteiger partial charge on any atom is 0.278 e. The van der Waals surface area contributed by atoms with Gasteiger partial charge in [-0.2, -0.15) is 0 Å². The third kappa shape index (κ3) is 3.94. The highest BCUT2D eigenvalue weighted by Crippen LogP contribution is 2.29. The molecule has 0 spiro atoms. The Balaban J connectivity index is 2.14. The first-order valence-corrected chi connectivity index (χ1v) is 7.62. The largest absolute Gasteiger partial charge is 0.361 e. The van der Waals surface area contributed by atoms with E-state index in [2.05, 4.69) is 4.98 Å². The number of fused-ring (bicyclic) bond motifs is 1. The van der Waals surface area contributed by atoms with Crippen molar-refractivity contribution >= 4 is 51.6 Å². The summed E-state index contributed by atoms with van der Waals surface area (Å²) in [5, 5.41) is 1.14. The van der Waals surface area contributed by atoms with Gasteiger partial charge in [-0.3, -0.25) is 4.79 Å². The van der Waals surface area contributed by atoms with E-state index in [1.807, 2.05) is 37.4 Å². The number of carbonyl (C=O) groups is 1. The van der Waals surface area contributed by atoms with Crippen LogP contribution in [0.15, 0.2) is 42.7 Å². The summed E-state index contributed by atoms with van der Waals surface area (Å²) in [6.45, 7) is 2.25. The van der Waals surface area contributed by atoms with Crippen molar-refractivity contribution in [3.05, 3.63) is 48.3 Å². The molecular weight excluding hydrogens is 331 g/mol. The van der Waals surface area contributed by atoms with E-state index in [1.165, 1.54) is 4.90 Å². The Labute approximate surface area is 138 Å². The van der Waals surface area contributed by atoms with Crippen LogP contribution in [0.4, 0.5) is 0 Å². The lowest BCUT2D eigenvalue weighted by molar-refractivity contribution is -0.127. The van der Waals surface area contributed by atoms with E-state index < -0.39 is 9.70 Å². The fourth-order valence-electron chi connectivity index (χ4n) is 2.17. The first kappa shape index (κ1) is 16.2. The van der Waals surface area contributed by atoms with Crippen LogP contribution < -0.4 is 0 Å². The summed E-state index contributed by atoms with van der Waals surface area (Å²) in [7, 11) is 0. The predicted molar refractivity (Wildman–Crippen MR) is 88.8 cm³/mol. The van der Waals surface area contributed by atoms with Gasteiger partial charge in [-0.05, 0) is 25.0 Å². The molecule has 2 aromatic rings. The number of nitrogens with one attached hydrogen (secondary N) is 1. The maximum atomic E-state index is 12.0. The second kappa shape index (κ2) is 6.73. The molecule has 0 aliphatic carbocycles. The number of alkyl halides is 3. The lowest BCUT2D eigenvalue weighted by atomic mass is 10.1. The molecule has 0 fully saturated rings. The minimum Gasteiger partial charge on any atom is -0.361 e. The van der Waals surface area contributed by atoms with E-state index >= 15 is 0 Å². The summed E-state index contributed by atoms with van der Waals surface area (Å²) in [6, 6.07) is 8.00. The highest BCUT2D eigenvalue weighted by Gasteiger charge is 2.34. The van der Waals surface area contributed by atoms with Crippen LogP contribution in [0.1, 0.15) is 12.5 Å². The van der Waals surface area contributed by atoms with Gasteiger partial charge in [0.15, 0.2) is 0 Å². The zero-order chi connectivity index (χ0) is 15.5. The molecule has 1 aromatic heterocycles. The molecule has 0 aliphatic heterocycles. The molecule has 112 valence electrons. The van der Waals surface area contributed by atoms with Crippen LogP contribution in [0.25, 0.3) is 10.9 Å². The molecule has 6 heteroatoms. The lowest BCUT2D eigenvalue weighted by Gasteiger charge is -2.22. The third-order valence-electron chi connectivity index (χ3n) is 3.13. The summed E-state index contributed by atoms with van der Waals surface area (Å²) in [5.74, 6) is -0.551. The van der Waals surface area contributed by atoms with E-state index in [0.717, 1.165) is 16.5 Å². The SMILES string of the molecule is C/C=C/N(CCc1c[nH]c2ccccc12)C(=O)C(Cl)(Cl)Cl. The quantitative estimate of drug-likeness (QED) is 0.817. The Hall–Kier alpha value is -1.16. The van der Waals surface area contributed by atoms with Gasteiger partial charge in [-0.1, -0.05) is 59.1 Å². The van der Waals surface area contributed by atoms with E-state index in [4.69, 9.17) is 34.8 Å². The van der Waals surface area contributed by atoms with Crippen LogP contribution in [0.2, 0.25) is 0 Å². The van der Waals surface area contributed by atoms with Gasteiger partial charge in [0.25, 0.3) is 9.70 Å². The van der Waals surface area contributed by atoms with Gasteiger partial charge in [-0.15, -0.1) is 0 Å². The smallest absolute Gasteiger partial charge is 0.278 e. The molecule has 1 aromatic carbocycles. The van der Waals surface area contributed by atoms with Crippen molar-refractivity contribution in [2.45, 2.75) is 17.1 Å². The number of carbonyl (C=O) groups excluding carboxylic acids is 1. The van der Waals surface area contributed by atoms with Gasteiger partial charge in [0, 0.05) is 29.8 Å². The Bertz CT molecular complexity index is 658. The minimum absolute atomic E-state index is 0.443. The average molecular weight is 346 g/mol. The number of aromatic nitrogens is 1. The number of halogens is 3. The molecule has 21 heavy (non-hydrogen) atoms. The monoisotopic (exact) mass is 344 g/mol. The zero-order valence-corrected chi connectivity index (χ0v) is 13.7. The molecule has 0 saturated heterocycles. The van der Waals surface area contributed by atoms with E-state index in [-0.39, 0.29) is 0 Å². The van der Waals surface area contributed by atoms with Crippen molar-refractivity contribution in [2.24, 2.45) is 0 Å². The van der Waals surface area contributed by atoms with Crippen LogP contribution in [0.5, 0.6) is 0 Å². The molecule has 1 heterocycles. The molecule has 1 N–H and O–H groups in total. The van der Waals surface area contributed by atoms with Gasteiger partial charge in [0.1, 0.15) is 0 Å². The molecule has 0 radical (unpaired) electrons. The van der Waals surface area contributed by atoms with Gasteiger partial charge in [0.05, 0.1) is 0 Å². The number of rotatable bonds is 4. The van der Waals surface area contributed by atoms with Crippen LogP contribution in [-0.4, -0.2) is 26.1 Å². The van der Waals surface area contributed by atoms with Gasteiger partial charge < -0.3 is 9.88 Å². The Morgan fingerprint density at radius 2 is 2.05 bits per heavy atom. The number of allylic oxidation sites excluding steroid dienone is 1. The van der Waals surface area contributed by atoms with Crippen molar-refractivity contribution in [1.29, 1.82) is 0 Å². The topological polar surface area (TPSA) is 36.1 Å². The maximum absolute atomic E-state index is 12.0. The molecular formula is C15H15Cl3N2O. The Morgan fingerprint density at radius 3 is 2.71 bits per heavy atom. The summed E-state index contributed by atoms with van der Waals surface area (Å²) in [4.78, 5) is 16.7. The third-order valence-corrected chi connectivity index (χ3v) is 3.61. The molecule has 3 nitrogen and oxygen atoms in total. The Morgan fingerprint density at radius 1 is 1.33 bits per heavy atom. The van der Waals surface area contributed by atoms with Crippen LogP contribution in [-0.2, 0) is 11.2 Å². The first-order valence-electron chi connectivity index (χ1n) is 6.49. The number of benzene rings is 1. The summed E-state index contributed by atoms with van der Waals surface area (Å²) >= 11 is 17.0. The van der Waals surface area contributed by atoms with Crippen molar-refractivity contribution in [3.63, 3.8) is 0 Å². The van der Waals surface area contributed by atoms with Crippen molar-refractivity contribution in [1.82, 2.24) is 9.88 Å². The minimum atomic E-state index is -1.94. The molecule has 0 saturated carbocycles. The molecule has 0 bridgehead atoms. The molecule has 0 aliphatic rings. The molecule has 0 unspecified atom stereocenters. The lowest BCUT2D eigenvalue weighted by Crippen LogP contribution is -2.36. The summed E-state index contributed by atoms with van der Waals surface area (Å²) in [5.41, 5.74) is 2.19. The van der Waals surface area contributed by atoms with Gasteiger partial charge in [-0.25, -0.2) is 0 Å². The average Bonchev–Trinajstić information content (AvgIpc) is 2.85. The van der Waals surface area contributed by atoms with Crippen LogP contribution >= 0.6 is 34.8 Å². The molecule has 1 amide bonds. The Kier molecular flexibility index (Phi) is 5.20. The molecule has 2 rings (SSSR count).